The van der Waals surface area contributed by atoms with Crippen LogP contribution in [0.1, 0.15) is 30.4 Å². The van der Waals surface area contributed by atoms with Crippen LogP contribution < -0.4 is 4.90 Å². The first-order chi connectivity index (χ1) is 13.7. The van der Waals surface area contributed by atoms with Crippen LogP contribution in [0.2, 0.25) is 5.02 Å². The van der Waals surface area contributed by atoms with Gasteiger partial charge in [0.2, 0.25) is 5.91 Å². The van der Waals surface area contributed by atoms with E-state index in [9.17, 15) is 10.1 Å². The number of aromatic nitrogens is 1. The molecule has 6 heteroatoms. The third-order valence-corrected chi connectivity index (χ3v) is 6.14. The van der Waals surface area contributed by atoms with Crippen LogP contribution in [0.5, 0.6) is 0 Å². The maximum atomic E-state index is 12.9. The maximum Gasteiger partial charge on any atom is 0.223 e. The molecule has 1 aromatic carbocycles. The molecular weight excluding hydrogens is 372 g/mol. The van der Waals surface area contributed by atoms with Crippen LogP contribution in [0.15, 0.2) is 42.6 Å². The Bertz CT molecular complexity index is 909. The summed E-state index contributed by atoms with van der Waals surface area (Å²) >= 11 is 6.05. The molecular formula is C22H23ClN4O. The van der Waals surface area contributed by atoms with Crippen LogP contribution in [0, 0.1) is 17.2 Å². The van der Waals surface area contributed by atoms with Crippen molar-refractivity contribution < 1.29 is 4.79 Å². The monoisotopic (exact) mass is 394 g/mol. The second-order valence-corrected chi connectivity index (χ2v) is 7.99. The number of anilines is 1. The molecule has 2 aliphatic heterocycles. The SMILES string of the molecule is N#Cc1cccnc1N1CCC2CCN(C(=O)CCc3cccc(Cl)c3)C2C1. The summed E-state index contributed by atoms with van der Waals surface area (Å²) in [4.78, 5) is 21.6. The van der Waals surface area contributed by atoms with Crippen molar-refractivity contribution in [2.45, 2.75) is 31.7 Å². The van der Waals surface area contributed by atoms with Crippen molar-refractivity contribution in [2.24, 2.45) is 5.92 Å². The van der Waals surface area contributed by atoms with E-state index in [-0.39, 0.29) is 11.9 Å². The first-order valence-corrected chi connectivity index (χ1v) is 10.2. The normalized spacial score (nSPS) is 21.3. The average molecular weight is 395 g/mol. The fraction of sp³-hybridized carbons (Fsp3) is 0.409. The minimum absolute atomic E-state index is 0.203. The van der Waals surface area contributed by atoms with E-state index in [2.05, 4.69) is 20.9 Å². The molecule has 2 atom stereocenters. The molecule has 5 nitrogen and oxygen atoms in total. The molecule has 2 fully saturated rings. The van der Waals surface area contributed by atoms with E-state index in [0.717, 1.165) is 43.9 Å². The number of rotatable bonds is 4. The van der Waals surface area contributed by atoms with E-state index in [4.69, 9.17) is 11.6 Å². The third-order valence-electron chi connectivity index (χ3n) is 5.91. The van der Waals surface area contributed by atoms with Crippen molar-refractivity contribution in [1.82, 2.24) is 9.88 Å². The van der Waals surface area contributed by atoms with Gasteiger partial charge >= 0.3 is 0 Å². The first kappa shape index (κ1) is 18.8. The number of nitriles is 1. The van der Waals surface area contributed by atoms with Crippen molar-refractivity contribution in [2.75, 3.05) is 24.5 Å². The lowest BCUT2D eigenvalue weighted by atomic mass is 9.92. The summed E-state index contributed by atoms with van der Waals surface area (Å²) < 4.78 is 0. The number of pyridine rings is 1. The number of piperidine rings is 1. The number of halogens is 1. The Hall–Kier alpha value is -2.58. The number of carbonyl (C=O) groups excluding carboxylic acids is 1. The van der Waals surface area contributed by atoms with Gasteiger partial charge in [0.05, 0.1) is 11.6 Å². The molecule has 2 saturated heterocycles. The van der Waals surface area contributed by atoms with Gasteiger partial charge in [0.1, 0.15) is 11.9 Å². The van der Waals surface area contributed by atoms with Crippen molar-refractivity contribution in [3.8, 4) is 6.07 Å². The highest BCUT2D eigenvalue weighted by atomic mass is 35.5. The number of fused-ring (bicyclic) bond motifs is 1. The molecule has 2 unspecified atom stereocenters. The smallest absolute Gasteiger partial charge is 0.223 e. The summed E-state index contributed by atoms with van der Waals surface area (Å²) in [5.41, 5.74) is 1.69. The van der Waals surface area contributed by atoms with Crippen molar-refractivity contribution in [3.63, 3.8) is 0 Å². The molecule has 0 N–H and O–H groups in total. The van der Waals surface area contributed by atoms with Gasteiger partial charge in [-0.3, -0.25) is 4.79 Å². The molecule has 1 aromatic heterocycles. The highest BCUT2D eigenvalue weighted by molar-refractivity contribution is 6.30. The fourth-order valence-electron chi connectivity index (χ4n) is 4.47. The lowest BCUT2D eigenvalue weighted by Gasteiger charge is -2.39. The summed E-state index contributed by atoms with van der Waals surface area (Å²) in [6.45, 7) is 2.46. The molecule has 2 aliphatic rings. The zero-order valence-electron chi connectivity index (χ0n) is 15.7. The van der Waals surface area contributed by atoms with Crippen LogP contribution in [-0.2, 0) is 11.2 Å². The van der Waals surface area contributed by atoms with Gasteiger partial charge in [0.15, 0.2) is 0 Å². The molecule has 0 bridgehead atoms. The topological polar surface area (TPSA) is 60.2 Å². The summed E-state index contributed by atoms with van der Waals surface area (Å²) in [7, 11) is 0. The summed E-state index contributed by atoms with van der Waals surface area (Å²) in [6.07, 6.45) is 5.02. The molecule has 28 heavy (non-hydrogen) atoms. The number of hydrogen-bond acceptors (Lipinski definition) is 4. The highest BCUT2D eigenvalue weighted by Gasteiger charge is 2.40. The van der Waals surface area contributed by atoms with Crippen LogP contribution >= 0.6 is 11.6 Å². The quantitative estimate of drug-likeness (QED) is 0.793. The summed E-state index contributed by atoms with van der Waals surface area (Å²) in [6, 6.07) is 13.7. The van der Waals surface area contributed by atoms with Crippen LogP contribution in [0.3, 0.4) is 0 Å². The number of nitrogens with zero attached hydrogens (tertiary/aromatic N) is 4. The number of likely N-dealkylation sites (tertiary alicyclic amines) is 1. The van der Waals surface area contributed by atoms with Crippen molar-refractivity contribution in [1.29, 1.82) is 5.26 Å². The Morgan fingerprint density at radius 3 is 2.93 bits per heavy atom. The number of carbonyl (C=O) groups is 1. The lowest BCUT2D eigenvalue weighted by Crippen LogP contribution is -2.50. The number of hydrogen-bond donors (Lipinski definition) is 0. The van der Waals surface area contributed by atoms with Gasteiger partial charge in [-0.2, -0.15) is 5.26 Å². The molecule has 1 amide bonds. The minimum atomic E-state index is 0.203. The zero-order chi connectivity index (χ0) is 19.5. The highest BCUT2D eigenvalue weighted by Crippen LogP contribution is 2.34. The molecule has 0 radical (unpaired) electrons. The Kier molecular flexibility index (Phi) is 5.50. The second-order valence-electron chi connectivity index (χ2n) is 7.55. The van der Waals surface area contributed by atoms with Gasteiger partial charge in [0, 0.05) is 37.3 Å². The predicted octanol–water partition coefficient (Wildman–Crippen LogP) is 3.67. The molecule has 144 valence electrons. The van der Waals surface area contributed by atoms with E-state index < -0.39 is 0 Å². The minimum Gasteiger partial charge on any atom is -0.353 e. The Labute approximate surface area is 170 Å². The number of amides is 1. The van der Waals surface area contributed by atoms with Crippen molar-refractivity contribution in [3.05, 3.63) is 58.7 Å². The molecule has 0 saturated carbocycles. The van der Waals surface area contributed by atoms with Gasteiger partial charge < -0.3 is 9.80 Å². The standard InChI is InChI=1S/C22H23ClN4O/c23-19-5-1-3-16(13-19)6-7-21(28)27-12-9-17-8-11-26(15-20(17)27)22-18(14-24)4-2-10-25-22/h1-5,10,13,17,20H,6-9,11-12,15H2. The Morgan fingerprint density at radius 1 is 1.25 bits per heavy atom. The van der Waals surface area contributed by atoms with Gasteiger partial charge in [-0.05, 0) is 55.0 Å². The van der Waals surface area contributed by atoms with Crippen molar-refractivity contribution >= 4 is 23.3 Å². The van der Waals surface area contributed by atoms with Crippen LogP contribution in [0.4, 0.5) is 5.82 Å². The maximum absolute atomic E-state index is 12.9. The first-order valence-electron chi connectivity index (χ1n) is 9.79. The lowest BCUT2D eigenvalue weighted by molar-refractivity contribution is -0.132. The molecule has 2 aromatic rings. The second kappa shape index (κ2) is 8.20. The van der Waals surface area contributed by atoms with Gasteiger partial charge in [0.25, 0.3) is 0 Å². The number of aryl methyl sites for hydroxylation is 1. The van der Waals surface area contributed by atoms with E-state index in [0.29, 0.717) is 29.3 Å². The average Bonchev–Trinajstić information content (AvgIpc) is 3.15. The predicted molar refractivity (Wildman–Crippen MR) is 109 cm³/mol. The zero-order valence-corrected chi connectivity index (χ0v) is 16.5. The van der Waals surface area contributed by atoms with Gasteiger partial charge in [-0.25, -0.2) is 4.98 Å². The molecule has 0 spiro atoms. The van der Waals surface area contributed by atoms with Crippen LogP contribution in [-0.4, -0.2) is 41.5 Å². The van der Waals surface area contributed by atoms with Gasteiger partial charge in [-0.15, -0.1) is 0 Å². The van der Waals surface area contributed by atoms with Gasteiger partial charge in [-0.1, -0.05) is 23.7 Å². The van der Waals surface area contributed by atoms with Crippen LogP contribution in [0.25, 0.3) is 0 Å². The summed E-state index contributed by atoms with van der Waals surface area (Å²) in [5, 5.41) is 10.1. The van der Waals surface area contributed by atoms with E-state index in [1.807, 2.05) is 24.3 Å². The Balaban J connectivity index is 1.43. The number of benzene rings is 1. The third kappa shape index (κ3) is 3.83. The molecule has 0 aliphatic carbocycles. The summed E-state index contributed by atoms with van der Waals surface area (Å²) in [5.74, 6) is 1.48. The van der Waals surface area contributed by atoms with E-state index in [1.54, 1.807) is 18.3 Å². The fourth-order valence-corrected chi connectivity index (χ4v) is 4.68. The Morgan fingerprint density at radius 2 is 2.11 bits per heavy atom. The van der Waals surface area contributed by atoms with E-state index in [1.165, 1.54) is 0 Å². The molecule has 4 rings (SSSR count). The molecule has 3 heterocycles. The van der Waals surface area contributed by atoms with E-state index >= 15 is 0 Å². The largest absolute Gasteiger partial charge is 0.353 e.